The minimum absolute atomic E-state index is 0.0557. The molecule has 10 heteroatoms. The highest BCUT2D eigenvalue weighted by atomic mass is 32.2. The lowest BCUT2D eigenvalue weighted by Crippen LogP contribution is -2.59. The van der Waals surface area contributed by atoms with E-state index in [9.17, 15) is 4.79 Å². The number of nitrogens with one attached hydrogen (secondary N) is 1. The van der Waals surface area contributed by atoms with E-state index in [1.807, 2.05) is 48.7 Å². The van der Waals surface area contributed by atoms with Gasteiger partial charge in [-0.05, 0) is 66.5 Å². The third-order valence-corrected chi connectivity index (χ3v) is 10.1. The highest BCUT2D eigenvalue weighted by Gasteiger charge is 2.62. The molecule has 2 aromatic heterocycles. The first kappa shape index (κ1) is 25.6. The minimum atomic E-state index is -0.559. The van der Waals surface area contributed by atoms with Crippen LogP contribution in [0.3, 0.4) is 0 Å². The van der Waals surface area contributed by atoms with Gasteiger partial charge < -0.3 is 23.8 Å². The van der Waals surface area contributed by atoms with Crippen molar-refractivity contribution in [1.29, 1.82) is 0 Å². The third-order valence-electron chi connectivity index (χ3n) is 8.77. The molecule has 0 spiro atoms. The number of benzene rings is 1. The summed E-state index contributed by atoms with van der Waals surface area (Å²) in [5.41, 5.74) is 2.75. The number of pyridine rings is 1. The molecule has 3 aliphatic carbocycles. The minimum Gasteiger partial charge on any atom is -0.464 e. The number of rotatable bonds is 7. The van der Waals surface area contributed by atoms with Crippen LogP contribution in [0.1, 0.15) is 37.9 Å². The molecular formula is C28H34BN3O5S. The molecule has 4 aliphatic rings. The van der Waals surface area contributed by atoms with Crippen molar-refractivity contribution in [1.82, 2.24) is 10.3 Å². The highest BCUT2D eigenvalue weighted by Crippen LogP contribution is 2.61. The Hall–Kier alpha value is -2.69. The van der Waals surface area contributed by atoms with Gasteiger partial charge in [0, 0.05) is 12.4 Å². The van der Waals surface area contributed by atoms with Crippen LogP contribution in [-0.4, -0.2) is 49.6 Å². The number of carbonyl (C=O) groups excluding carboxylic acids is 1. The molecule has 1 saturated heterocycles. The van der Waals surface area contributed by atoms with Crippen LogP contribution in [0.2, 0.25) is 0 Å². The number of fused-ring (bicyclic) bond motifs is 1. The number of furan rings is 1. The molecule has 8 nitrogen and oxygen atoms in total. The van der Waals surface area contributed by atoms with Gasteiger partial charge in [-0.3, -0.25) is 4.36 Å². The van der Waals surface area contributed by atoms with Crippen LogP contribution >= 0.6 is 0 Å². The van der Waals surface area contributed by atoms with Crippen molar-refractivity contribution < 1.29 is 23.3 Å². The molecule has 0 radical (unpaired) electrons. The van der Waals surface area contributed by atoms with E-state index in [0.717, 1.165) is 28.0 Å². The van der Waals surface area contributed by atoms with Crippen LogP contribution in [0.5, 0.6) is 0 Å². The van der Waals surface area contributed by atoms with Gasteiger partial charge in [0.1, 0.15) is 17.2 Å². The molecule has 1 aromatic carbocycles. The van der Waals surface area contributed by atoms with Gasteiger partial charge in [0.05, 0.1) is 30.1 Å². The summed E-state index contributed by atoms with van der Waals surface area (Å²) in [4.78, 5) is 17.6. The van der Waals surface area contributed by atoms with Crippen LogP contribution in [0.4, 0.5) is 4.79 Å². The zero-order valence-electron chi connectivity index (χ0n) is 22.3. The average Bonchev–Trinajstić information content (AvgIpc) is 3.55. The van der Waals surface area contributed by atoms with Gasteiger partial charge in [-0.1, -0.05) is 48.8 Å². The first-order chi connectivity index (χ1) is 18.3. The average molecular weight is 535 g/mol. The quantitative estimate of drug-likeness (QED) is 0.430. The predicted molar refractivity (Wildman–Crippen MR) is 147 cm³/mol. The Morgan fingerprint density at radius 1 is 1.24 bits per heavy atom. The first-order valence-electron chi connectivity index (χ1n) is 13.2. The van der Waals surface area contributed by atoms with Gasteiger partial charge in [0.2, 0.25) is 0 Å². The maximum absolute atomic E-state index is 13.0. The number of carbonyl (C=O) groups is 1. The fourth-order valence-electron chi connectivity index (χ4n) is 6.32. The lowest BCUT2D eigenvalue weighted by molar-refractivity contribution is -0.150. The molecule has 5 unspecified atom stereocenters. The van der Waals surface area contributed by atoms with Gasteiger partial charge in [0.25, 0.3) is 0 Å². The molecule has 1 aliphatic heterocycles. The van der Waals surface area contributed by atoms with E-state index in [2.05, 4.69) is 28.5 Å². The van der Waals surface area contributed by atoms with E-state index in [4.69, 9.17) is 18.5 Å². The molecule has 38 heavy (non-hydrogen) atoms. The van der Waals surface area contributed by atoms with Crippen LogP contribution in [0.15, 0.2) is 62.5 Å². The van der Waals surface area contributed by atoms with E-state index in [0.29, 0.717) is 24.0 Å². The molecule has 200 valence electrons. The summed E-state index contributed by atoms with van der Waals surface area (Å²) >= 11 is 0. The Labute approximate surface area is 226 Å². The molecule has 6 atom stereocenters. The Morgan fingerprint density at radius 3 is 2.89 bits per heavy atom. The number of hydrogen-bond donors (Lipinski definition) is 1. The van der Waals surface area contributed by atoms with Crippen LogP contribution in [-0.2, 0) is 37.8 Å². The number of hydrogen-bond acceptors (Lipinski definition) is 7. The second-order valence-electron chi connectivity index (χ2n) is 11.2. The maximum atomic E-state index is 13.0. The van der Waals surface area contributed by atoms with Gasteiger partial charge in [0.15, 0.2) is 0 Å². The van der Waals surface area contributed by atoms with Crippen LogP contribution < -0.4 is 5.32 Å². The molecule has 1 N–H and O–H groups in total. The zero-order valence-corrected chi connectivity index (χ0v) is 23.1. The van der Waals surface area contributed by atoms with Gasteiger partial charge in [-0.25, -0.2) is 9.78 Å². The van der Waals surface area contributed by atoms with Crippen molar-refractivity contribution in [3.63, 3.8) is 0 Å². The number of ether oxygens (including phenoxy) is 1. The summed E-state index contributed by atoms with van der Waals surface area (Å²) in [5, 5.41) is 4.93. The molecule has 1 amide bonds. The largest absolute Gasteiger partial charge is 0.481 e. The Morgan fingerprint density at radius 2 is 2.08 bits per heavy atom. The van der Waals surface area contributed by atoms with Crippen molar-refractivity contribution >= 4 is 34.9 Å². The molecule has 7 rings (SSSR count). The summed E-state index contributed by atoms with van der Waals surface area (Å²) in [6.45, 7) is 4.74. The zero-order chi connectivity index (χ0) is 26.4. The summed E-state index contributed by atoms with van der Waals surface area (Å²) in [5.74, 6) is 0.710. The number of nitrogens with zero attached hydrogens (tertiary/aromatic N) is 2. The standard InChI is InChI=1S/C28H34BN3O5S/c1-28(2)18-13-21(28)26-23(14-18)36-29(37-26)24(12-17-15-34-22-10-6-5-9-20(17)22)32-27(33)35-16-19-8-7-11-25(31-19)38(4)30-3/h5-11,15,18,21,23-24,26H,12-14,16H2,1-4H3,(H,32,33)/t18?,21?,23?,24-,26?,38?/m0/s1. The monoisotopic (exact) mass is 535 g/mol. The van der Waals surface area contributed by atoms with Gasteiger partial charge >= 0.3 is 13.2 Å². The summed E-state index contributed by atoms with van der Waals surface area (Å²) in [6.07, 6.45) is 6.04. The fourth-order valence-corrected chi connectivity index (χ4v) is 7.04. The summed E-state index contributed by atoms with van der Waals surface area (Å²) in [6, 6.07) is 13.6. The van der Waals surface area contributed by atoms with Crippen LogP contribution in [0, 0.1) is 17.3 Å². The molecule has 4 fully saturated rings. The van der Waals surface area contributed by atoms with Crippen LogP contribution in [0.25, 0.3) is 11.0 Å². The lowest BCUT2D eigenvalue weighted by Gasteiger charge is -2.60. The fraction of sp³-hybridized carbons (Fsp3) is 0.500. The van der Waals surface area contributed by atoms with Gasteiger partial charge in [-0.15, -0.1) is 0 Å². The summed E-state index contributed by atoms with van der Waals surface area (Å²) in [7, 11) is 0.918. The second-order valence-corrected chi connectivity index (χ2v) is 12.9. The van der Waals surface area contributed by atoms with Crippen molar-refractivity contribution in [2.75, 3.05) is 13.3 Å². The molecular weight excluding hydrogens is 501 g/mol. The summed E-state index contributed by atoms with van der Waals surface area (Å²) < 4.78 is 28.7. The number of para-hydroxylation sites is 1. The topological polar surface area (TPSA) is 95.2 Å². The Balaban J connectivity index is 1.18. The highest BCUT2D eigenvalue weighted by molar-refractivity contribution is 7.86. The third kappa shape index (κ3) is 4.67. The first-order valence-corrected chi connectivity index (χ1v) is 14.8. The van der Waals surface area contributed by atoms with Crippen molar-refractivity contribution in [3.05, 3.63) is 60.0 Å². The maximum Gasteiger partial charge on any atom is 0.481 e. The second kappa shape index (κ2) is 10.1. The van der Waals surface area contributed by atoms with E-state index in [1.165, 1.54) is 6.42 Å². The van der Waals surface area contributed by atoms with Gasteiger partial charge in [-0.2, -0.15) is 0 Å². The molecule has 2 bridgehead atoms. The molecule has 3 heterocycles. The van der Waals surface area contributed by atoms with E-state index in [-0.39, 0.29) is 34.9 Å². The Bertz CT molecular complexity index is 1380. The molecule has 3 saturated carbocycles. The predicted octanol–water partition coefficient (Wildman–Crippen LogP) is 4.96. The number of amides is 1. The van der Waals surface area contributed by atoms with Crippen molar-refractivity contribution in [3.8, 4) is 0 Å². The number of alkyl carbamates (subject to hydrolysis) is 1. The smallest absolute Gasteiger partial charge is 0.464 e. The SMILES string of the molecule is C/N=S(\C)c1cccc(COC(=O)N[C@@H](Cc2coc3ccccc23)B2OC3CC4CC(C3O2)C4(C)C)n1. The van der Waals surface area contributed by atoms with Crippen molar-refractivity contribution in [2.24, 2.45) is 21.6 Å². The van der Waals surface area contributed by atoms with E-state index >= 15 is 0 Å². The number of aromatic nitrogens is 1. The normalized spacial score (nSPS) is 27.0. The Kier molecular flexibility index (Phi) is 6.82. The van der Waals surface area contributed by atoms with E-state index < -0.39 is 19.2 Å². The van der Waals surface area contributed by atoms with E-state index in [1.54, 1.807) is 13.3 Å². The lowest BCUT2D eigenvalue weighted by atomic mass is 9.47. The van der Waals surface area contributed by atoms with Crippen molar-refractivity contribution in [2.45, 2.75) is 62.9 Å². The molecule has 3 aromatic rings.